The molecule has 2 amide bonds. The van der Waals surface area contributed by atoms with Gasteiger partial charge in [0.15, 0.2) is 0 Å². The van der Waals surface area contributed by atoms with Crippen LogP contribution in [-0.2, 0) is 9.59 Å². The zero-order valence-electron chi connectivity index (χ0n) is 16.0. The number of amides is 2. The monoisotopic (exact) mass is 368 g/mol. The topological polar surface area (TPSA) is 40.6 Å². The molecule has 2 aliphatic heterocycles. The van der Waals surface area contributed by atoms with Gasteiger partial charge in [0, 0.05) is 25.3 Å². The molecule has 25 heavy (non-hydrogen) atoms. The number of carbonyl (C=O) groups excluding carboxylic acids is 2. The predicted molar refractivity (Wildman–Crippen MR) is 106 cm³/mol. The summed E-state index contributed by atoms with van der Waals surface area (Å²) in [4.78, 5) is 28.9. The molecule has 0 aliphatic carbocycles. The molecule has 144 valence electrons. The molecule has 2 aliphatic rings. The fraction of sp³-hybridized carbons (Fsp3) is 0.900. The largest absolute Gasteiger partial charge is 0.341 e. The molecule has 0 aromatic rings. The van der Waals surface area contributed by atoms with Gasteiger partial charge in [0.1, 0.15) is 6.04 Å². The number of hydrogen-bond donors (Lipinski definition) is 0. The summed E-state index contributed by atoms with van der Waals surface area (Å²) in [6.07, 6.45) is 14.2. The lowest BCUT2D eigenvalue weighted by Crippen LogP contribution is -2.48. The highest BCUT2D eigenvalue weighted by Crippen LogP contribution is 2.25. The van der Waals surface area contributed by atoms with Crippen LogP contribution in [0, 0.1) is 0 Å². The van der Waals surface area contributed by atoms with Crippen LogP contribution < -0.4 is 0 Å². The zero-order valence-corrected chi connectivity index (χ0v) is 16.8. The standard InChI is InChI=1S/C20H36N2O2S/c1-2-3-4-5-6-7-8-9-10-13-19(23)22-17-25-16-18(22)20(24)21-14-11-12-15-21/h18H,2-17H2,1H3/t18-/m0/s1. The second kappa shape index (κ2) is 11.8. The first-order chi connectivity index (χ1) is 12.2. The van der Waals surface area contributed by atoms with Crippen molar-refractivity contribution in [3.63, 3.8) is 0 Å². The lowest BCUT2D eigenvalue weighted by Gasteiger charge is -2.27. The van der Waals surface area contributed by atoms with Crippen molar-refractivity contribution in [1.82, 2.24) is 9.80 Å². The van der Waals surface area contributed by atoms with Crippen molar-refractivity contribution >= 4 is 23.6 Å². The Morgan fingerprint density at radius 2 is 1.52 bits per heavy atom. The fourth-order valence-electron chi connectivity index (χ4n) is 3.77. The molecule has 0 saturated carbocycles. The van der Waals surface area contributed by atoms with Gasteiger partial charge in [0.2, 0.25) is 11.8 Å². The lowest BCUT2D eigenvalue weighted by molar-refractivity contribution is -0.142. The molecule has 0 N–H and O–H groups in total. The van der Waals surface area contributed by atoms with E-state index in [0.29, 0.717) is 12.3 Å². The summed E-state index contributed by atoms with van der Waals surface area (Å²) in [5.74, 6) is 1.84. The van der Waals surface area contributed by atoms with Gasteiger partial charge >= 0.3 is 0 Å². The molecule has 0 aromatic heterocycles. The van der Waals surface area contributed by atoms with Crippen molar-refractivity contribution in [3.8, 4) is 0 Å². The fourth-order valence-corrected chi connectivity index (χ4v) is 4.94. The van der Waals surface area contributed by atoms with Crippen LogP contribution in [0.3, 0.4) is 0 Å². The van der Waals surface area contributed by atoms with Crippen molar-refractivity contribution in [2.45, 2.75) is 90.0 Å². The molecular weight excluding hydrogens is 332 g/mol. The van der Waals surface area contributed by atoms with Crippen LogP contribution in [0.4, 0.5) is 0 Å². The van der Waals surface area contributed by atoms with Crippen LogP contribution in [0.25, 0.3) is 0 Å². The zero-order chi connectivity index (χ0) is 17.9. The normalized spacial score (nSPS) is 20.4. The van der Waals surface area contributed by atoms with Crippen LogP contribution >= 0.6 is 11.8 Å². The van der Waals surface area contributed by atoms with E-state index in [1.165, 1.54) is 44.9 Å². The summed E-state index contributed by atoms with van der Waals surface area (Å²) in [6.45, 7) is 4.00. The summed E-state index contributed by atoms with van der Waals surface area (Å²) >= 11 is 1.72. The Balaban J connectivity index is 1.59. The summed E-state index contributed by atoms with van der Waals surface area (Å²) in [5.41, 5.74) is 0. The van der Waals surface area contributed by atoms with Crippen LogP contribution in [0.15, 0.2) is 0 Å². The van der Waals surface area contributed by atoms with Gasteiger partial charge in [-0.15, -0.1) is 11.8 Å². The summed E-state index contributed by atoms with van der Waals surface area (Å²) in [5, 5.41) is 0. The molecule has 4 nitrogen and oxygen atoms in total. The van der Waals surface area contributed by atoms with E-state index in [-0.39, 0.29) is 17.9 Å². The molecular formula is C20H36N2O2S. The van der Waals surface area contributed by atoms with Gasteiger partial charge in [-0.25, -0.2) is 0 Å². The van der Waals surface area contributed by atoms with E-state index in [9.17, 15) is 9.59 Å². The highest BCUT2D eigenvalue weighted by Gasteiger charge is 2.37. The number of unbranched alkanes of at least 4 members (excludes halogenated alkanes) is 8. The Kier molecular flexibility index (Phi) is 9.74. The Morgan fingerprint density at radius 1 is 0.920 bits per heavy atom. The first-order valence-corrected chi connectivity index (χ1v) is 11.6. The third-order valence-corrected chi connectivity index (χ3v) is 6.41. The molecule has 0 bridgehead atoms. The molecule has 5 heteroatoms. The van der Waals surface area contributed by atoms with Crippen molar-refractivity contribution < 1.29 is 9.59 Å². The van der Waals surface area contributed by atoms with Crippen LogP contribution in [0.2, 0.25) is 0 Å². The molecule has 2 heterocycles. The lowest BCUT2D eigenvalue weighted by atomic mass is 10.1. The molecule has 2 saturated heterocycles. The van der Waals surface area contributed by atoms with Crippen molar-refractivity contribution in [3.05, 3.63) is 0 Å². The minimum Gasteiger partial charge on any atom is -0.341 e. The van der Waals surface area contributed by atoms with Crippen molar-refractivity contribution in [1.29, 1.82) is 0 Å². The second-order valence-electron chi connectivity index (χ2n) is 7.49. The molecule has 0 radical (unpaired) electrons. The van der Waals surface area contributed by atoms with Gasteiger partial charge in [-0.05, 0) is 19.3 Å². The van der Waals surface area contributed by atoms with E-state index >= 15 is 0 Å². The first kappa shape index (κ1) is 20.6. The number of carbonyl (C=O) groups is 2. The number of likely N-dealkylation sites (tertiary alicyclic amines) is 1. The molecule has 0 aromatic carbocycles. The Labute approximate surface area is 158 Å². The first-order valence-electron chi connectivity index (χ1n) is 10.4. The third-order valence-electron chi connectivity index (χ3n) is 5.40. The maximum absolute atomic E-state index is 12.6. The molecule has 1 atom stereocenters. The average molecular weight is 369 g/mol. The maximum Gasteiger partial charge on any atom is 0.246 e. The Hall–Kier alpha value is -0.710. The number of nitrogens with zero attached hydrogens (tertiary/aromatic N) is 2. The van der Waals surface area contributed by atoms with E-state index in [2.05, 4.69) is 6.92 Å². The molecule has 2 fully saturated rings. The maximum atomic E-state index is 12.6. The van der Waals surface area contributed by atoms with Gasteiger partial charge in [0.25, 0.3) is 0 Å². The molecule has 0 unspecified atom stereocenters. The SMILES string of the molecule is CCCCCCCCCCCC(=O)N1CSC[C@H]1C(=O)N1CCCC1. The Morgan fingerprint density at radius 3 is 2.16 bits per heavy atom. The Bertz CT molecular complexity index is 411. The average Bonchev–Trinajstić information content (AvgIpc) is 3.31. The molecule has 2 rings (SSSR count). The van der Waals surface area contributed by atoms with E-state index in [1.807, 2.05) is 9.80 Å². The summed E-state index contributed by atoms with van der Waals surface area (Å²) < 4.78 is 0. The van der Waals surface area contributed by atoms with Gasteiger partial charge in [-0.1, -0.05) is 58.3 Å². The van der Waals surface area contributed by atoms with Crippen LogP contribution in [-0.4, -0.2) is 52.4 Å². The number of thioether (sulfide) groups is 1. The second-order valence-corrected chi connectivity index (χ2v) is 8.49. The van der Waals surface area contributed by atoms with Gasteiger partial charge in [-0.3, -0.25) is 9.59 Å². The van der Waals surface area contributed by atoms with E-state index in [1.54, 1.807) is 11.8 Å². The van der Waals surface area contributed by atoms with Crippen LogP contribution in [0.1, 0.15) is 84.0 Å². The quantitative estimate of drug-likeness (QED) is 0.507. The minimum absolute atomic E-state index is 0.183. The number of rotatable bonds is 11. The summed E-state index contributed by atoms with van der Waals surface area (Å²) in [6, 6.07) is -0.200. The highest BCUT2D eigenvalue weighted by atomic mass is 32.2. The van der Waals surface area contributed by atoms with E-state index in [0.717, 1.165) is 44.5 Å². The summed E-state index contributed by atoms with van der Waals surface area (Å²) in [7, 11) is 0. The number of hydrogen-bond acceptors (Lipinski definition) is 3. The minimum atomic E-state index is -0.200. The van der Waals surface area contributed by atoms with E-state index < -0.39 is 0 Å². The van der Waals surface area contributed by atoms with Crippen molar-refractivity contribution in [2.75, 3.05) is 24.7 Å². The molecule has 0 spiro atoms. The highest BCUT2D eigenvalue weighted by molar-refractivity contribution is 7.99. The van der Waals surface area contributed by atoms with E-state index in [4.69, 9.17) is 0 Å². The van der Waals surface area contributed by atoms with Gasteiger partial charge in [0.05, 0.1) is 5.88 Å². The van der Waals surface area contributed by atoms with Crippen molar-refractivity contribution in [2.24, 2.45) is 0 Å². The smallest absolute Gasteiger partial charge is 0.246 e. The van der Waals surface area contributed by atoms with Crippen LogP contribution in [0.5, 0.6) is 0 Å². The van der Waals surface area contributed by atoms with Gasteiger partial charge < -0.3 is 9.80 Å². The third kappa shape index (κ3) is 6.84. The predicted octanol–water partition coefficient (Wildman–Crippen LogP) is 4.43. The van der Waals surface area contributed by atoms with Gasteiger partial charge in [-0.2, -0.15) is 0 Å².